The summed E-state index contributed by atoms with van der Waals surface area (Å²) < 4.78 is 21.2. The molecule has 1 aliphatic rings. The highest BCUT2D eigenvalue weighted by atomic mass is 19.1. The van der Waals surface area contributed by atoms with Crippen LogP contribution in [0.15, 0.2) is 18.2 Å². The normalized spacial score (nSPS) is 19.6. The number of aromatic nitrogens is 2. The van der Waals surface area contributed by atoms with Gasteiger partial charge in [0.25, 0.3) is 0 Å². The fourth-order valence-corrected chi connectivity index (χ4v) is 2.85. The predicted molar refractivity (Wildman–Crippen MR) is 79.6 cm³/mol. The first-order chi connectivity index (χ1) is 10.6. The lowest BCUT2D eigenvalue weighted by Gasteiger charge is -2.31. The summed E-state index contributed by atoms with van der Waals surface area (Å²) in [5.41, 5.74) is 6.48. The van der Waals surface area contributed by atoms with E-state index >= 15 is 0 Å². The number of fused-ring (bicyclic) bond motifs is 1. The number of nitrogens with zero attached hydrogens (tertiary/aromatic N) is 3. The second-order valence-corrected chi connectivity index (χ2v) is 5.38. The van der Waals surface area contributed by atoms with Gasteiger partial charge in [-0.1, -0.05) is 6.07 Å². The molecule has 0 aliphatic carbocycles. The lowest BCUT2D eigenvalue weighted by Crippen LogP contribution is -2.48. The van der Waals surface area contributed by atoms with Gasteiger partial charge in [0.2, 0.25) is 5.91 Å². The molecule has 0 bridgehead atoms. The minimum absolute atomic E-state index is 0.317. The molecule has 2 N–H and O–H groups in total. The van der Waals surface area contributed by atoms with Crippen molar-refractivity contribution in [3.05, 3.63) is 29.8 Å². The van der Waals surface area contributed by atoms with Crippen LogP contribution in [0.4, 0.5) is 4.39 Å². The number of morpholine rings is 1. The van der Waals surface area contributed by atoms with E-state index in [9.17, 15) is 9.18 Å². The number of nitrogens with two attached hydrogens (primary N) is 1. The number of rotatable bonds is 4. The summed E-state index contributed by atoms with van der Waals surface area (Å²) in [6.45, 7) is 4.83. The van der Waals surface area contributed by atoms with Crippen molar-refractivity contribution in [2.45, 2.75) is 26.1 Å². The van der Waals surface area contributed by atoms with E-state index in [2.05, 4.69) is 9.88 Å². The maximum atomic E-state index is 13.9. The molecule has 0 radical (unpaired) electrons. The zero-order valence-electron chi connectivity index (χ0n) is 12.5. The largest absolute Gasteiger partial charge is 0.367 e. The zero-order valence-corrected chi connectivity index (χ0v) is 12.5. The Balaban J connectivity index is 1.87. The Bertz CT molecular complexity index is 700. The molecule has 1 amide bonds. The quantitative estimate of drug-likeness (QED) is 0.910. The van der Waals surface area contributed by atoms with E-state index in [1.807, 2.05) is 17.6 Å². The van der Waals surface area contributed by atoms with Gasteiger partial charge in [-0.05, 0) is 19.1 Å². The molecule has 1 aliphatic heterocycles. The van der Waals surface area contributed by atoms with Gasteiger partial charge in [-0.2, -0.15) is 0 Å². The number of aryl methyl sites for hydroxylation is 1. The minimum atomic E-state index is -0.593. The number of amides is 1. The number of carbonyl (C=O) groups excluding carboxylic acids is 1. The van der Waals surface area contributed by atoms with Crippen LogP contribution in [-0.4, -0.2) is 46.2 Å². The van der Waals surface area contributed by atoms with Crippen molar-refractivity contribution in [2.75, 3.05) is 19.7 Å². The summed E-state index contributed by atoms with van der Waals surface area (Å²) in [5, 5.41) is 0. The molecular weight excluding hydrogens is 287 g/mol. The number of carbonyl (C=O) groups is 1. The summed E-state index contributed by atoms with van der Waals surface area (Å²) in [4.78, 5) is 17.8. The lowest BCUT2D eigenvalue weighted by atomic mass is 10.2. The van der Waals surface area contributed by atoms with E-state index in [0.717, 1.165) is 11.3 Å². The van der Waals surface area contributed by atoms with Crippen LogP contribution in [0.1, 0.15) is 12.7 Å². The third-order valence-corrected chi connectivity index (χ3v) is 3.96. The van der Waals surface area contributed by atoms with Crippen LogP contribution in [0.25, 0.3) is 11.0 Å². The molecule has 0 spiro atoms. The molecular formula is C15H19FN4O2. The monoisotopic (exact) mass is 306 g/mol. The fraction of sp³-hybridized carbons (Fsp3) is 0.467. The number of benzene rings is 1. The molecule has 1 fully saturated rings. The van der Waals surface area contributed by atoms with Crippen molar-refractivity contribution in [3.63, 3.8) is 0 Å². The average molecular weight is 306 g/mol. The third kappa shape index (κ3) is 2.69. The Hall–Kier alpha value is -1.99. The Morgan fingerprint density at radius 3 is 3.09 bits per heavy atom. The summed E-state index contributed by atoms with van der Waals surface area (Å²) >= 11 is 0. The van der Waals surface area contributed by atoms with Gasteiger partial charge < -0.3 is 15.0 Å². The molecule has 1 aromatic heterocycles. The molecule has 1 atom stereocenters. The number of para-hydroxylation sites is 1. The van der Waals surface area contributed by atoms with Crippen LogP contribution in [0.3, 0.4) is 0 Å². The molecule has 2 aromatic rings. The highest BCUT2D eigenvalue weighted by Gasteiger charge is 2.26. The summed E-state index contributed by atoms with van der Waals surface area (Å²) in [6, 6.07) is 4.97. The van der Waals surface area contributed by atoms with Crippen molar-refractivity contribution < 1.29 is 13.9 Å². The standard InChI is InChI=1S/C15H19FN4O2/c1-2-20-11-5-3-4-10(16)14(11)18-13(20)9-19-6-7-22-12(8-19)15(17)21/h3-5,12H,2,6-9H2,1H3,(H2,17,21)/t12-/m0/s1. The third-order valence-electron chi connectivity index (χ3n) is 3.96. The molecule has 3 rings (SSSR count). The molecule has 22 heavy (non-hydrogen) atoms. The highest BCUT2D eigenvalue weighted by molar-refractivity contribution is 5.79. The van der Waals surface area contributed by atoms with Gasteiger partial charge in [0, 0.05) is 19.6 Å². The number of halogens is 1. The zero-order chi connectivity index (χ0) is 15.7. The maximum absolute atomic E-state index is 13.9. The molecule has 0 saturated carbocycles. The maximum Gasteiger partial charge on any atom is 0.247 e. The van der Waals surface area contributed by atoms with Gasteiger partial charge in [0.05, 0.1) is 18.7 Å². The number of hydrogen-bond acceptors (Lipinski definition) is 4. The van der Waals surface area contributed by atoms with Gasteiger partial charge in [0.15, 0.2) is 5.82 Å². The summed E-state index contributed by atoms with van der Waals surface area (Å²) in [7, 11) is 0. The van der Waals surface area contributed by atoms with Gasteiger partial charge >= 0.3 is 0 Å². The minimum Gasteiger partial charge on any atom is -0.367 e. The van der Waals surface area contributed by atoms with Gasteiger partial charge in [0.1, 0.15) is 17.4 Å². The summed E-state index contributed by atoms with van der Waals surface area (Å²) in [6.07, 6.45) is -0.593. The second-order valence-electron chi connectivity index (χ2n) is 5.38. The van der Waals surface area contributed by atoms with Gasteiger partial charge in [-0.3, -0.25) is 9.69 Å². The Labute approximate surface area is 127 Å². The predicted octanol–water partition coefficient (Wildman–Crippen LogP) is 0.881. The van der Waals surface area contributed by atoms with Gasteiger partial charge in [-0.15, -0.1) is 0 Å². The van der Waals surface area contributed by atoms with Crippen LogP contribution in [0, 0.1) is 5.82 Å². The van der Waals surface area contributed by atoms with Crippen LogP contribution in [0.2, 0.25) is 0 Å². The lowest BCUT2D eigenvalue weighted by molar-refractivity contribution is -0.135. The van der Waals surface area contributed by atoms with E-state index in [1.54, 1.807) is 6.07 Å². The first-order valence-corrected chi connectivity index (χ1v) is 7.37. The fourth-order valence-electron chi connectivity index (χ4n) is 2.85. The van der Waals surface area contributed by atoms with Crippen molar-refractivity contribution >= 4 is 16.9 Å². The average Bonchev–Trinajstić information content (AvgIpc) is 2.86. The molecule has 6 nitrogen and oxygen atoms in total. The Morgan fingerprint density at radius 2 is 2.36 bits per heavy atom. The van der Waals surface area contributed by atoms with Crippen molar-refractivity contribution in [1.29, 1.82) is 0 Å². The molecule has 1 saturated heterocycles. The summed E-state index contributed by atoms with van der Waals surface area (Å²) in [5.74, 6) is 0.00963. The Kier molecular flexibility index (Phi) is 4.08. The van der Waals surface area contributed by atoms with Crippen LogP contribution in [0.5, 0.6) is 0 Å². The van der Waals surface area contributed by atoms with Crippen molar-refractivity contribution in [1.82, 2.24) is 14.5 Å². The van der Waals surface area contributed by atoms with E-state index in [0.29, 0.717) is 38.3 Å². The number of ether oxygens (including phenoxy) is 1. The molecule has 118 valence electrons. The first kappa shape index (κ1) is 14.9. The Morgan fingerprint density at radius 1 is 1.55 bits per heavy atom. The first-order valence-electron chi connectivity index (χ1n) is 7.37. The van der Waals surface area contributed by atoms with Crippen molar-refractivity contribution in [3.8, 4) is 0 Å². The van der Waals surface area contributed by atoms with E-state index in [-0.39, 0.29) is 5.82 Å². The number of primary amides is 1. The number of hydrogen-bond donors (Lipinski definition) is 1. The molecule has 7 heteroatoms. The molecule has 0 unspecified atom stereocenters. The smallest absolute Gasteiger partial charge is 0.247 e. The topological polar surface area (TPSA) is 73.4 Å². The SMILES string of the molecule is CCn1c(CN2CCO[C@H](C(N)=O)C2)nc2c(F)cccc21. The van der Waals surface area contributed by atoms with Crippen molar-refractivity contribution in [2.24, 2.45) is 5.73 Å². The highest BCUT2D eigenvalue weighted by Crippen LogP contribution is 2.20. The molecule has 2 heterocycles. The van der Waals surface area contributed by atoms with Crippen LogP contribution < -0.4 is 5.73 Å². The van der Waals surface area contributed by atoms with E-state index in [1.165, 1.54) is 6.07 Å². The van der Waals surface area contributed by atoms with E-state index < -0.39 is 12.0 Å². The van der Waals surface area contributed by atoms with Gasteiger partial charge in [-0.25, -0.2) is 9.37 Å². The number of imidazole rings is 1. The van der Waals surface area contributed by atoms with Crippen LogP contribution >= 0.6 is 0 Å². The van der Waals surface area contributed by atoms with E-state index in [4.69, 9.17) is 10.5 Å². The molecule has 1 aromatic carbocycles. The van der Waals surface area contributed by atoms with Crippen LogP contribution in [-0.2, 0) is 22.6 Å². The second kappa shape index (κ2) is 6.02.